The van der Waals surface area contributed by atoms with E-state index in [1.165, 1.54) is 0 Å². The average molecular weight is 539 g/mol. The summed E-state index contributed by atoms with van der Waals surface area (Å²) in [4.78, 5) is 77.8. The van der Waals surface area contributed by atoms with Gasteiger partial charge >= 0.3 is 11.9 Å². The summed E-state index contributed by atoms with van der Waals surface area (Å²) in [6.07, 6.45) is 2.85. The number of carbonyl (C=O) groups is 2. The number of hydrogen-bond acceptors (Lipinski definition) is 8. The van der Waals surface area contributed by atoms with Gasteiger partial charge in [0.15, 0.2) is 5.54 Å². The van der Waals surface area contributed by atoms with Gasteiger partial charge in [-0.15, -0.1) is 22.7 Å². The summed E-state index contributed by atoms with van der Waals surface area (Å²) in [5, 5.41) is 19.9. The molecule has 12 heteroatoms. The molecule has 0 spiro atoms. The molecule has 36 heavy (non-hydrogen) atoms. The van der Waals surface area contributed by atoms with Gasteiger partial charge in [0.1, 0.15) is 24.8 Å². The van der Waals surface area contributed by atoms with Crippen LogP contribution in [0, 0.1) is 5.92 Å². The monoisotopic (exact) mass is 538 g/mol. The Kier molecular flexibility index (Phi) is 8.19. The van der Waals surface area contributed by atoms with Crippen LogP contribution in [0.3, 0.4) is 0 Å². The fourth-order valence-corrected chi connectivity index (χ4v) is 7.50. The lowest BCUT2D eigenvalue weighted by molar-refractivity contribution is -0.152. The molecule has 196 valence electrons. The van der Waals surface area contributed by atoms with Crippen molar-refractivity contribution in [1.82, 2.24) is 9.13 Å². The summed E-state index contributed by atoms with van der Waals surface area (Å²) in [6.45, 7) is 7.19. The average Bonchev–Trinajstić information content (AvgIpc) is 3.23. The molecule has 3 rings (SSSR count). The maximum absolute atomic E-state index is 13.5. The molecule has 0 fully saturated rings. The summed E-state index contributed by atoms with van der Waals surface area (Å²) in [6, 6.07) is -1.35. The van der Waals surface area contributed by atoms with Crippen LogP contribution in [-0.2, 0) is 15.1 Å². The van der Waals surface area contributed by atoms with Gasteiger partial charge in [0.05, 0.1) is 0 Å². The van der Waals surface area contributed by atoms with Gasteiger partial charge in [0.25, 0.3) is 22.2 Å². The van der Waals surface area contributed by atoms with Crippen molar-refractivity contribution in [2.45, 2.75) is 84.2 Å². The highest BCUT2D eigenvalue weighted by atomic mass is 32.1. The van der Waals surface area contributed by atoms with Crippen molar-refractivity contribution < 1.29 is 19.8 Å². The van der Waals surface area contributed by atoms with E-state index in [9.17, 15) is 39.0 Å². The SMILES string of the molecule is CCCCC(C(=O)O)n1c(=O)c2sc3c(=O)n(C(CC)(C(=O)O)C(CC)CCC)c(=O)c3sc2c1=O. The highest BCUT2D eigenvalue weighted by Crippen LogP contribution is 2.36. The van der Waals surface area contributed by atoms with Gasteiger partial charge < -0.3 is 10.2 Å². The predicted molar refractivity (Wildman–Crippen MR) is 140 cm³/mol. The second-order valence-corrected chi connectivity index (χ2v) is 11.0. The van der Waals surface area contributed by atoms with Gasteiger partial charge in [-0.25, -0.2) is 9.59 Å². The van der Waals surface area contributed by atoms with Crippen molar-refractivity contribution in [3.8, 4) is 0 Å². The zero-order chi connectivity index (χ0) is 26.9. The quantitative estimate of drug-likeness (QED) is 0.356. The summed E-state index contributed by atoms with van der Waals surface area (Å²) in [5.41, 5.74) is -5.02. The van der Waals surface area contributed by atoms with Crippen LogP contribution in [0.15, 0.2) is 19.2 Å². The van der Waals surface area contributed by atoms with E-state index in [0.717, 1.165) is 4.57 Å². The fraction of sp³-hybridized carbons (Fsp3) is 0.583. The second kappa shape index (κ2) is 10.6. The van der Waals surface area contributed by atoms with Gasteiger partial charge in [0.2, 0.25) is 0 Å². The van der Waals surface area contributed by atoms with Crippen LogP contribution in [0.5, 0.6) is 0 Å². The first kappa shape index (κ1) is 27.7. The number of carboxylic acids is 2. The van der Waals surface area contributed by atoms with E-state index >= 15 is 0 Å². The zero-order valence-corrected chi connectivity index (χ0v) is 22.3. The highest BCUT2D eigenvalue weighted by Gasteiger charge is 2.48. The number of rotatable bonds is 12. The molecule has 3 aromatic rings. The molecule has 2 N–H and O–H groups in total. The molecule has 0 saturated heterocycles. The minimum absolute atomic E-state index is 0.00468. The van der Waals surface area contributed by atoms with Gasteiger partial charge in [-0.1, -0.05) is 53.4 Å². The Hall–Kier alpha value is -2.86. The Morgan fingerprint density at radius 2 is 1.31 bits per heavy atom. The van der Waals surface area contributed by atoms with Crippen LogP contribution in [-0.4, -0.2) is 31.3 Å². The number of nitrogens with zero attached hydrogens (tertiary/aromatic N) is 2. The Morgan fingerprint density at radius 3 is 1.67 bits per heavy atom. The van der Waals surface area contributed by atoms with E-state index in [-0.39, 0.29) is 31.6 Å². The molecular formula is C24H30N2O8S2. The van der Waals surface area contributed by atoms with Crippen molar-refractivity contribution in [1.29, 1.82) is 0 Å². The first-order valence-electron chi connectivity index (χ1n) is 12.1. The molecule has 3 aromatic heterocycles. The number of carboxylic acid groups (broad SMARTS) is 2. The van der Waals surface area contributed by atoms with Crippen molar-refractivity contribution >= 4 is 53.4 Å². The van der Waals surface area contributed by atoms with Crippen molar-refractivity contribution in [2.24, 2.45) is 5.92 Å². The third kappa shape index (κ3) is 4.09. The van der Waals surface area contributed by atoms with Gasteiger partial charge in [0, 0.05) is 0 Å². The highest BCUT2D eigenvalue weighted by molar-refractivity contribution is 7.36. The topological polar surface area (TPSA) is 153 Å². The molecule has 0 aromatic carbocycles. The van der Waals surface area contributed by atoms with Crippen LogP contribution in [0.4, 0.5) is 0 Å². The number of aromatic nitrogens is 2. The smallest absolute Gasteiger partial charge is 0.330 e. The number of unbranched alkanes of at least 4 members (excludes halogenated alkanes) is 1. The van der Waals surface area contributed by atoms with Gasteiger partial charge in [-0.05, 0) is 25.2 Å². The summed E-state index contributed by atoms with van der Waals surface area (Å²) >= 11 is 1.31. The van der Waals surface area contributed by atoms with E-state index in [0.29, 0.717) is 59.3 Å². The molecule has 0 radical (unpaired) electrons. The Balaban J connectivity index is 2.40. The molecule has 0 aliphatic carbocycles. The molecule has 3 heterocycles. The Morgan fingerprint density at radius 1 is 0.806 bits per heavy atom. The standard InChI is InChI=1S/C24H30N2O8S2/c1-5-9-11-13(22(31)32)25-18(27)14-15(19(25)28)36-17-16(35-14)20(29)26(21(17)30)24(8-4,23(33)34)12(7-3)10-6-2/h12-13H,5-11H2,1-4H3,(H,31,32)(H,33,34). The number of fused-ring (bicyclic) bond motifs is 2. The van der Waals surface area contributed by atoms with Crippen molar-refractivity contribution in [3.05, 3.63) is 41.4 Å². The Bertz CT molecular complexity index is 1450. The van der Waals surface area contributed by atoms with Gasteiger partial charge in [-0.2, -0.15) is 0 Å². The van der Waals surface area contributed by atoms with E-state index in [4.69, 9.17) is 0 Å². The minimum Gasteiger partial charge on any atom is -0.480 e. The Labute approximate surface area is 213 Å². The van der Waals surface area contributed by atoms with E-state index in [2.05, 4.69) is 0 Å². The summed E-state index contributed by atoms with van der Waals surface area (Å²) in [7, 11) is 0. The first-order valence-corrected chi connectivity index (χ1v) is 13.7. The summed E-state index contributed by atoms with van der Waals surface area (Å²) < 4.78 is 1.09. The predicted octanol–water partition coefficient (Wildman–Crippen LogP) is 3.43. The molecule has 0 aliphatic rings. The summed E-state index contributed by atoms with van der Waals surface area (Å²) in [5.74, 6) is -3.07. The first-order chi connectivity index (χ1) is 17.0. The second-order valence-electron chi connectivity index (χ2n) is 8.92. The molecule has 3 atom stereocenters. The van der Waals surface area contributed by atoms with Crippen molar-refractivity contribution in [3.63, 3.8) is 0 Å². The van der Waals surface area contributed by atoms with Gasteiger partial charge in [-0.3, -0.25) is 28.3 Å². The molecule has 0 amide bonds. The maximum Gasteiger partial charge on any atom is 0.330 e. The van der Waals surface area contributed by atoms with Crippen LogP contribution in [0.2, 0.25) is 0 Å². The van der Waals surface area contributed by atoms with E-state index in [1.807, 2.05) is 20.8 Å². The molecule has 0 aliphatic heterocycles. The van der Waals surface area contributed by atoms with Crippen LogP contribution >= 0.6 is 22.7 Å². The minimum atomic E-state index is -1.77. The van der Waals surface area contributed by atoms with Crippen molar-refractivity contribution in [2.75, 3.05) is 0 Å². The largest absolute Gasteiger partial charge is 0.480 e. The third-order valence-corrected chi connectivity index (χ3v) is 9.57. The van der Waals surface area contributed by atoms with Crippen LogP contribution in [0.25, 0.3) is 18.8 Å². The van der Waals surface area contributed by atoms with E-state index in [1.54, 1.807) is 6.92 Å². The maximum atomic E-state index is 13.5. The lowest BCUT2D eigenvalue weighted by Gasteiger charge is -2.36. The van der Waals surface area contributed by atoms with Crippen LogP contribution < -0.4 is 22.2 Å². The molecule has 3 unspecified atom stereocenters. The number of hydrogen-bond donors (Lipinski definition) is 2. The fourth-order valence-electron chi connectivity index (χ4n) is 5.14. The lowest BCUT2D eigenvalue weighted by atomic mass is 9.77. The molecule has 10 nitrogen and oxygen atoms in total. The number of aliphatic carboxylic acids is 2. The molecular weight excluding hydrogens is 508 g/mol. The molecule has 0 bridgehead atoms. The zero-order valence-electron chi connectivity index (χ0n) is 20.7. The normalized spacial score (nSPS) is 15.2. The van der Waals surface area contributed by atoms with E-state index < -0.39 is 51.7 Å². The lowest BCUT2D eigenvalue weighted by Crippen LogP contribution is -2.55. The van der Waals surface area contributed by atoms with Crippen LogP contribution in [0.1, 0.15) is 78.7 Å². The third-order valence-electron chi connectivity index (χ3n) is 6.98. The molecule has 0 saturated carbocycles.